The molecular formula is C17H29ClN4O2. The van der Waals surface area contributed by atoms with Crippen molar-refractivity contribution in [1.82, 2.24) is 20.0 Å². The second-order valence-electron chi connectivity index (χ2n) is 7.68. The molecule has 0 aliphatic carbocycles. The maximum Gasteiger partial charge on any atom is 0.320 e. The maximum atomic E-state index is 12.9. The Hall–Kier alpha value is -1.01. The molecule has 0 saturated carbocycles. The Balaban J connectivity index is 0.00000169. The van der Waals surface area contributed by atoms with Crippen LogP contribution in [0.5, 0.6) is 0 Å². The van der Waals surface area contributed by atoms with Crippen LogP contribution in [0.4, 0.5) is 4.79 Å². The molecule has 6 nitrogen and oxygen atoms in total. The van der Waals surface area contributed by atoms with Gasteiger partial charge in [-0.15, -0.1) is 12.4 Å². The van der Waals surface area contributed by atoms with E-state index in [0.29, 0.717) is 24.3 Å². The summed E-state index contributed by atoms with van der Waals surface area (Å²) in [5.74, 6) is 1.59. The predicted octanol–water partition coefficient (Wildman–Crippen LogP) is 1.01. The van der Waals surface area contributed by atoms with Gasteiger partial charge in [0.25, 0.3) is 0 Å². The minimum atomic E-state index is 0. The first-order chi connectivity index (χ1) is 11.2. The summed E-state index contributed by atoms with van der Waals surface area (Å²) in [6.07, 6.45) is 4.13. The van der Waals surface area contributed by atoms with Crippen molar-refractivity contribution in [1.29, 1.82) is 0 Å². The molecule has 1 unspecified atom stereocenters. The number of carbonyl (C=O) groups is 2. The molecule has 4 saturated heterocycles. The average molecular weight is 357 g/mol. The van der Waals surface area contributed by atoms with Crippen molar-refractivity contribution in [3.05, 3.63) is 0 Å². The monoisotopic (exact) mass is 356 g/mol. The summed E-state index contributed by atoms with van der Waals surface area (Å²) >= 11 is 0. The fourth-order valence-electron chi connectivity index (χ4n) is 4.75. The number of piperidine rings is 1. The third kappa shape index (κ3) is 3.36. The molecule has 0 spiro atoms. The van der Waals surface area contributed by atoms with Crippen LogP contribution in [0, 0.1) is 17.8 Å². The molecule has 4 heterocycles. The van der Waals surface area contributed by atoms with Gasteiger partial charge >= 0.3 is 6.03 Å². The van der Waals surface area contributed by atoms with Gasteiger partial charge in [-0.3, -0.25) is 4.79 Å². The topological polar surface area (TPSA) is 55.9 Å². The molecule has 1 N–H and O–H groups in total. The number of rotatable bonds is 1. The fourth-order valence-corrected chi connectivity index (χ4v) is 4.75. The summed E-state index contributed by atoms with van der Waals surface area (Å²) in [6, 6.07) is 0.155. The standard InChI is InChI=1S/C17H28N4O2.ClH/c22-16(21-11-14-8-18-9-15(14)12-21)13-4-3-7-20(10-13)17(23)19-5-1-2-6-19;/h13-15,18H,1-12H2;1H/t13?,14-,15+;. The van der Waals surface area contributed by atoms with Crippen molar-refractivity contribution in [3.63, 3.8) is 0 Å². The van der Waals surface area contributed by atoms with Crippen LogP contribution in [0.25, 0.3) is 0 Å². The summed E-state index contributed by atoms with van der Waals surface area (Å²) in [5.41, 5.74) is 0. The van der Waals surface area contributed by atoms with Crippen molar-refractivity contribution in [2.75, 3.05) is 52.4 Å². The normalized spacial score (nSPS) is 32.7. The number of nitrogens with one attached hydrogen (secondary N) is 1. The molecular weight excluding hydrogens is 328 g/mol. The lowest BCUT2D eigenvalue weighted by Crippen LogP contribution is -2.50. The molecule has 0 bridgehead atoms. The molecule has 4 rings (SSSR count). The molecule has 24 heavy (non-hydrogen) atoms. The second-order valence-corrected chi connectivity index (χ2v) is 7.68. The number of carbonyl (C=O) groups excluding carboxylic acids is 2. The Labute approximate surface area is 150 Å². The number of amides is 3. The van der Waals surface area contributed by atoms with Gasteiger partial charge < -0.3 is 20.0 Å². The highest BCUT2D eigenvalue weighted by Gasteiger charge is 2.41. The molecule has 4 aliphatic rings. The van der Waals surface area contributed by atoms with Gasteiger partial charge in [0.05, 0.1) is 5.92 Å². The van der Waals surface area contributed by atoms with E-state index in [-0.39, 0.29) is 24.4 Å². The average Bonchev–Trinajstić information content (AvgIpc) is 3.29. The zero-order chi connectivity index (χ0) is 15.8. The van der Waals surface area contributed by atoms with E-state index < -0.39 is 0 Å². The van der Waals surface area contributed by atoms with Crippen LogP contribution in [0.2, 0.25) is 0 Å². The number of hydrogen-bond donors (Lipinski definition) is 1. The van der Waals surface area contributed by atoms with E-state index in [1.807, 2.05) is 9.80 Å². The minimum absolute atomic E-state index is 0. The molecule has 0 aromatic carbocycles. The van der Waals surface area contributed by atoms with Gasteiger partial charge in [-0.2, -0.15) is 0 Å². The fraction of sp³-hybridized carbons (Fsp3) is 0.882. The number of likely N-dealkylation sites (tertiary alicyclic amines) is 3. The molecule has 4 fully saturated rings. The van der Waals surface area contributed by atoms with Gasteiger partial charge in [-0.1, -0.05) is 0 Å². The van der Waals surface area contributed by atoms with Crippen LogP contribution < -0.4 is 5.32 Å². The number of nitrogens with zero attached hydrogens (tertiary/aromatic N) is 3. The highest BCUT2D eigenvalue weighted by atomic mass is 35.5. The molecule has 0 radical (unpaired) electrons. The molecule has 7 heteroatoms. The van der Waals surface area contributed by atoms with E-state index >= 15 is 0 Å². The third-order valence-electron chi connectivity index (χ3n) is 6.12. The van der Waals surface area contributed by atoms with Crippen LogP contribution in [-0.2, 0) is 4.79 Å². The van der Waals surface area contributed by atoms with Crippen LogP contribution in [0.1, 0.15) is 25.7 Å². The summed E-state index contributed by atoms with van der Waals surface area (Å²) < 4.78 is 0. The zero-order valence-corrected chi connectivity index (χ0v) is 15.1. The second kappa shape index (κ2) is 7.48. The SMILES string of the molecule is Cl.O=C(C1CCCN(C(=O)N2CCCC2)C1)N1C[C@H]2CNC[C@H]2C1. The first-order valence-corrected chi connectivity index (χ1v) is 9.26. The third-order valence-corrected chi connectivity index (χ3v) is 6.12. The smallest absolute Gasteiger partial charge is 0.320 e. The molecule has 3 atom stereocenters. The Morgan fingerprint density at radius 3 is 2.08 bits per heavy atom. The van der Waals surface area contributed by atoms with E-state index in [2.05, 4.69) is 10.2 Å². The number of halogens is 1. The van der Waals surface area contributed by atoms with Crippen molar-refractivity contribution in [2.45, 2.75) is 25.7 Å². The molecule has 0 aromatic heterocycles. The quantitative estimate of drug-likeness (QED) is 0.763. The van der Waals surface area contributed by atoms with E-state index in [0.717, 1.165) is 71.5 Å². The predicted molar refractivity (Wildman–Crippen MR) is 94.2 cm³/mol. The number of urea groups is 1. The summed E-state index contributed by atoms with van der Waals surface area (Å²) in [5, 5.41) is 3.42. The van der Waals surface area contributed by atoms with Crippen molar-refractivity contribution >= 4 is 24.3 Å². The summed E-state index contributed by atoms with van der Waals surface area (Å²) in [7, 11) is 0. The van der Waals surface area contributed by atoms with Crippen LogP contribution in [-0.4, -0.2) is 79.0 Å². The lowest BCUT2D eigenvalue weighted by Gasteiger charge is -2.36. The van der Waals surface area contributed by atoms with Gasteiger partial charge in [-0.05, 0) is 37.5 Å². The first-order valence-electron chi connectivity index (χ1n) is 9.26. The van der Waals surface area contributed by atoms with Gasteiger partial charge in [0.2, 0.25) is 5.91 Å². The lowest BCUT2D eigenvalue weighted by molar-refractivity contribution is -0.136. The number of hydrogen-bond acceptors (Lipinski definition) is 3. The maximum absolute atomic E-state index is 12.9. The van der Waals surface area contributed by atoms with E-state index in [4.69, 9.17) is 0 Å². The largest absolute Gasteiger partial charge is 0.342 e. The molecule has 3 amide bonds. The van der Waals surface area contributed by atoms with Crippen molar-refractivity contribution < 1.29 is 9.59 Å². The van der Waals surface area contributed by atoms with Gasteiger partial charge in [0.1, 0.15) is 0 Å². The molecule has 136 valence electrons. The van der Waals surface area contributed by atoms with Gasteiger partial charge in [0, 0.05) is 52.4 Å². The van der Waals surface area contributed by atoms with Gasteiger partial charge in [0.15, 0.2) is 0 Å². The van der Waals surface area contributed by atoms with E-state index in [1.165, 1.54) is 0 Å². The Kier molecular flexibility index (Phi) is 5.55. The van der Waals surface area contributed by atoms with E-state index in [9.17, 15) is 9.59 Å². The van der Waals surface area contributed by atoms with E-state index in [1.54, 1.807) is 0 Å². The highest BCUT2D eigenvalue weighted by Crippen LogP contribution is 2.29. The molecule has 4 aliphatic heterocycles. The first kappa shape index (κ1) is 17.8. The Bertz CT molecular complexity index is 471. The highest BCUT2D eigenvalue weighted by molar-refractivity contribution is 5.85. The Morgan fingerprint density at radius 1 is 0.792 bits per heavy atom. The van der Waals surface area contributed by atoms with Crippen LogP contribution in [0.15, 0.2) is 0 Å². The zero-order valence-electron chi connectivity index (χ0n) is 14.3. The number of fused-ring (bicyclic) bond motifs is 1. The van der Waals surface area contributed by atoms with Crippen molar-refractivity contribution in [2.24, 2.45) is 17.8 Å². The van der Waals surface area contributed by atoms with Gasteiger partial charge in [-0.25, -0.2) is 4.79 Å². The lowest BCUT2D eigenvalue weighted by atomic mass is 9.96. The summed E-state index contributed by atoms with van der Waals surface area (Å²) in [6.45, 7) is 7.14. The summed E-state index contributed by atoms with van der Waals surface area (Å²) in [4.78, 5) is 31.4. The van der Waals surface area contributed by atoms with Crippen LogP contribution in [0.3, 0.4) is 0 Å². The van der Waals surface area contributed by atoms with Crippen molar-refractivity contribution in [3.8, 4) is 0 Å². The Morgan fingerprint density at radius 2 is 1.42 bits per heavy atom. The van der Waals surface area contributed by atoms with Crippen LogP contribution >= 0.6 is 12.4 Å². The molecule has 0 aromatic rings. The minimum Gasteiger partial charge on any atom is -0.342 e.